The van der Waals surface area contributed by atoms with Crippen molar-refractivity contribution in [3.8, 4) is 0 Å². The van der Waals surface area contributed by atoms with Crippen LogP contribution in [-0.4, -0.2) is 31.8 Å². The van der Waals surface area contributed by atoms with Crippen molar-refractivity contribution in [2.75, 3.05) is 5.32 Å². The zero-order valence-corrected chi connectivity index (χ0v) is 11.2. The van der Waals surface area contributed by atoms with Gasteiger partial charge in [0.15, 0.2) is 0 Å². The van der Waals surface area contributed by atoms with Gasteiger partial charge in [-0.1, -0.05) is 0 Å². The number of aromatic nitrogens is 4. The number of rotatable bonds is 2. The summed E-state index contributed by atoms with van der Waals surface area (Å²) in [6, 6.07) is 3.54. The molecule has 20 heavy (non-hydrogen) atoms. The lowest BCUT2D eigenvalue weighted by Crippen LogP contribution is -2.43. The average Bonchev–Trinajstić information content (AvgIpc) is 2.86. The van der Waals surface area contributed by atoms with E-state index >= 15 is 0 Å². The van der Waals surface area contributed by atoms with Crippen molar-refractivity contribution in [1.29, 1.82) is 0 Å². The molecular weight excluding hydrogens is 256 g/mol. The zero-order valence-electron chi connectivity index (χ0n) is 11.2. The predicted octanol–water partition coefficient (Wildman–Crippen LogP) is 1.12. The van der Waals surface area contributed by atoms with Gasteiger partial charge in [0, 0.05) is 12.6 Å². The predicted molar refractivity (Wildman–Crippen MR) is 73.3 cm³/mol. The SMILES string of the molecule is Cc1ccnc(NC(=O)N[C@@H]2CCc3ncnn3C2)c1. The summed E-state index contributed by atoms with van der Waals surface area (Å²) in [5.74, 6) is 1.53. The topological polar surface area (TPSA) is 84.7 Å². The third-order valence-corrected chi connectivity index (χ3v) is 3.30. The number of pyridine rings is 1. The Morgan fingerprint density at radius 2 is 2.35 bits per heavy atom. The number of fused-ring (bicyclic) bond motifs is 1. The smallest absolute Gasteiger partial charge is 0.320 e. The second kappa shape index (κ2) is 5.28. The number of carbonyl (C=O) groups is 1. The van der Waals surface area contributed by atoms with Crippen molar-refractivity contribution in [1.82, 2.24) is 25.1 Å². The Kier molecular flexibility index (Phi) is 3.32. The summed E-state index contributed by atoms with van der Waals surface area (Å²) in [6.07, 6.45) is 4.92. The number of urea groups is 1. The summed E-state index contributed by atoms with van der Waals surface area (Å²) in [5.41, 5.74) is 1.06. The van der Waals surface area contributed by atoms with Crippen LogP contribution in [-0.2, 0) is 13.0 Å². The van der Waals surface area contributed by atoms with Gasteiger partial charge in [0.2, 0.25) is 0 Å². The van der Waals surface area contributed by atoms with Gasteiger partial charge >= 0.3 is 6.03 Å². The van der Waals surface area contributed by atoms with Gasteiger partial charge in [-0.15, -0.1) is 0 Å². The monoisotopic (exact) mass is 272 g/mol. The van der Waals surface area contributed by atoms with Gasteiger partial charge in [-0.3, -0.25) is 5.32 Å². The normalized spacial score (nSPS) is 17.4. The van der Waals surface area contributed by atoms with Crippen LogP contribution in [0.4, 0.5) is 10.6 Å². The fourth-order valence-electron chi connectivity index (χ4n) is 2.30. The van der Waals surface area contributed by atoms with Crippen molar-refractivity contribution < 1.29 is 4.79 Å². The molecule has 3 rings (SSSR count). The number of nitrogens with zero attached hydrogens (tertiary/aromatic N) is 4. The lowest BCUT2D eigenvalue weighted by Gasteiger charge is -2.23. The summed E-state index contributed by atoms with van der Waals surface area (Å²) >= 11 is 0. The maximum Gasteiger partial charge on any atom is 0.320 e. The fourth-order valence-corrected chi connectivity index (χ4v) is 2.30. The summed E-state index contributed by atoms with van der Waals surface area (Å²) in [4.78, 5) is 20.2. The van der Waals surface area contributed by atoms with Gasteiger partial charge in [-0.2, -0.15) is 5.10 Å². The maximum atomic E-state index is 11.9. The van der Waals surface area contributed by atoms with Crippen molar-refractivity contribution >= 4 is 11.8 Å². The van der Waals surface area contributed by atoms with Crippen molar-refractivity contribution in [3.05, 3.63) is 36.0 Å². The molecule has 2 amide bonds. The van der Waals surface area contributed by atoms with E-state index in [4.69, 9.17) is 0 Å². The molecule has 104 valence electrons. The molecule has 0 saturated heterocycles. The Balaban J connectivity index is 1.57. The summed E-state index contributed by atoms with van der Waals surface area (Å²) in [6.45, 7) is 2.61. The van der Waals surface area contributed by atoms with E-state index in [1.165, 1.54) is 0 Å². The highest BCUT2D eigenvalue weighted by molar-refractivity contribution is 5.88. The fraction of sp³-hybridized carbons (Fsp3) is 0.385. The Morgan fingerprint density at radius 1 is 1.45 bits per heavy atom. The largest absolute Gasteiger partial charge is 0.333 e. The molecule has 2 aromatic rings. The van der Waals surface area contributed by atoms with E-state index < -0.39 is 0 Å². The summed E-state index contributed by atoms with van der Waals surface area (Å²) in [5, 5.41) is 9.81. The average molecular weight is 272 g/mol. The molecule has 7 heteroatoms. The van der Waals surface area contributed by atoms with Gasteiger partial charge < -0.3 is 5.32 Å². The molecule has 3 heterocycles. The van der Waals surface area contributed by atoms with Crippen molar-refractivity contribution in [2.45, 2.75) is 32.4 Å². The first-order valence-corrected chi connectivity index (χ1v) is 6.57. The Hall–Kier alpha value is -2.44. The minimum Gasteiger partial charge on any atom is -0.333 e. The van der Waals surface area contributed by atoms with Crippen LogP contribution in [0, 0.1) is 6.92 Å². The maximum absolute atomic E-state index is 11.9. The van der Waals surface area contributed by atoms with Gasteiger partial charge in [-0.05, 0) is 31.0 Å². The first kappa shape index (κ1) is 12.6. The van der Waals surface area contributed by atoms with E-state index in [1.807, 2.05) is 23.7 Å². The van der Waals surface area contributed by atoms with Crippen LogP contribution in [0.1, 0.15) is 17.8 Å². The molecule has 0 radical (unpaired) electrons. The number of hydrogen-bond acceptors (Lipinski definition) is 4. The Labute approximate surface area is 116 Å². The first-order valence-electron chi connectivity index (χ1n) is 6.57. The van der Waals surface area contributed by atoms with E-state index in [1.54, 1.807) is 12.5 Å². The second-order valence-corrected chi connectivity index (χ2v) is 4.91. The number of aryl methyl sites for hydroxylation is 2. The van der Waals surface area contributed by atoms with Crippen LogP contribution in [0.15, 0.2) is 24.7 Å². The quantitative estimate of drug-likeness (QED) is 0.858. The summed E-state index contributed by atoms with van der Waals surface area (Å²) in [7, 11) is 0. The highest BCUT2D eigenvalue weighted by Gasteiger charge is 2.21. The standard InChI is InChI=1S/C13H16N6O/c1-9-4-5-14-11(6-9)18-13(20)17-10-2-3-12-15-8-16-19(12)7-10/h4-6,8,10H,2-3,7H2,1H3,(H2,14,17,18,20)/t10-/m1/s1. The Bertz CT molecular complexity index is 623. The number of hydrogen-bond donors (Lipinski definition) is 2. The zero-order chi connectivity index (χ0) is 13.9. The Morgan fingerprint density at radius 3 is 3.20 bits per heavy atom. The lowest BCUT2D eigenvalue weighted by atomic mass is 10.1. The van der Waals surface area contributed by atoms with E-state index in [0.29, 0.717) is 12.4 Å². The van der Waals surface area contributed by atoms with Crippen LogP contribution < -0.4 is 10.6 Å². The van der Waals surface area contributed by atoms with Gasteiger partial charge in [0.1, 0.15) is 18.0 Å². The molecular formula is C13H16N6O. The number of nitrogens with one attached hydrogen (secondary N) is 2. The van der Waals surface area contributed by atoms with Gasteiger partial charge in [0.05, 0.1) is 12.6 Å². The van der Waals surface area contributed by atoms with Crippen LogP contribution in [0.3, 0.4) is 0 Å². The third kappa shape index (κ3) is 2.76. The molecule has 0 bridgehead atoms. The minimum absolute atomic E-state index is 0.0639. The van der Waals surface area contributed by atoms with E-state index in [-0.39, 0.29) is 12.1 Å². The van der Waals surface area contributed by atoms with Gasteiger partial charge in [0.25, 0.3) is 0 Å². The molecule has 2 aromatic heterocycles. The molecule has 0 saturated carbocycles. The van der Waals surface area contributed by atoms with Crippen LogP contribution in [0.2, 0.25) is 0 Å². The molecule has 0 aromatic carbocycles. The minimum atomic E-state index is -0.239. The highest BCUT2D eigenvalue weighted by atomic mass is 16.2. The molecule has 0 aliphatic carbocycles. The molecule has 0 unspecified atom stereocenters. The molecule has 7 nitrogen and oxygen atoms in total. The summed E-state index contributed by atoms with van der Waals surface area (Å²) < 4.78 is 1.83. The van der Waals surface area contributed by atoms with Gasteiger partial charge in [-0.25, -0.2) is 19.4 Å². The van der Waals surface area contributed by atoms with E-state index in [2.05, 4.69) is 25.7 Å². The molecule has 0 spiro atoms. The highest BCUT2D eigenvalue weighted by Crippen LogP contribution is 2.11. The molecule has 1 atom stereocenters. The van der Waals surface area contributed by atoms with Crippen LogP contribution in [0.25, 0.3) is 0 Å². The molecule has 1 aliphatic rings. The van der Waals surface area contributed by atoms with Crippen LogP contribution in [0.5, 0.6) is 0 Å². The second-order valence-electron chi connectivity index (χ2n) is 4.91. The molecule has 0 fully saturated rings. The number of anilines is 1. The number of amides is 2. The van der Waals surface area contributed by atoms with Crippen LogP contribution >= 0.6 is 0 Å². The molecule has 1 aliphatic heterocycles. The van der Waals surface area contributed by atoms with Crippen molar-refractivity contribution in [3.63, 3.8) is 0 Å². The van der Waals surface area contributed by atoms with E-state index in [0.717, 1.165) is 24.2 Å². The molecule has 2 N–H and O–H groups in total. The van der Waals surface area contributed by atoms with Crippen molar-refractivity contribution in [2.24, 2.45) is 0 Å². The van der Waals surface area contributed by atoms with E-state index in [9.17, 15) is 4.79 Å². The lowest BCUT2D eigenvalue weighted by molar-refractivity contribution is 0.243. The first-order chi connectivity index (χ1) is 9.70. The number of carbonyl (C=O) groups excluding carboxylic acids is 1. The third-order valence-electron chi connectivity index (χ3n) is 3.30.